The lowest BCUT2D eigenvalue weighted by atomic mass is 10.1. The van der Waals surface area contributed by atoms with E-state index in [1.54, 1.807) is 12.1 Å². The minimum atomic E-state index is -0.444. The van der Waals surface area contributed by atoms with Gasteiger partial charge in [0, 0.05) is 11.6 Å². The smallest absolute Gasteiger partial charge is 0.263 e. The summed E-state index contributed by atoms with van der Waals surface area (Å²) in [6, 6.07) is 4.50. The Morgan fingerprint density at radius 3 is 2.78 bits per heavy atom. The first-order valence-electron chi connectivity index (χ1n) is 5.87. The summed E-state index contributed by atoms with van der Waals surface area (Å²) in [7, 11) is 0. The molecule has 18 heavy (non-hydrogen) atoms. The summed E-state index contributed by atoms with van der Waals surface area (Å²) in [6.07, 6.45) is 1.03. The molecule has 0 aliphatic heterocycles. The standard InChI is InChI=1S/C13H14FN3O/c1-13(2)6-7(13)11-16-12(18-17-11)10-8(14)4-3-5-9(10)15/h3-5,7H,6,15H2,1-2H3. The highest BCUT2D eigenvalue weighted by Crippen LogP contribution is 2.57. The van der Waals surface area contributed by atoms with Gasteiger partial charge >= 0.3 is 0 Å². The molecule has 1 unspecified atom stereocenters. The van der Waals surface area contributed by atoms with E-state index in [1.165, 1.54) is 6.07 Å². The van der Waals surface area contributed by atoms with Crippen LogP contribution in [0.5, 0.6) is 0 Å². The zero-order chi connectivity index (χ0) is 12.9. The Kier molecular flexibility index (Phi) is 2.20. The summed E-state index contributed by atoms with van der Waals surface area (Å²) in [4.78, 5) is 4.26. The lowest BCUT2D eigenvalue weighted by molar-refractivity contribution is 0.417. The second kappa shape index (κ2) is 3.54. The van der Waals surface area contributed by atoms with Gasteiger partial charge in [-0.25, -0.2) is 4.39 Å². The van der Waals surface area contributed by atoms with Gasteiger partial charge in [0.05, 0.1) is 5.56 Å². The third kappa shape index (κ3) is 1.66. The Hall–Kier alpha value is -1.91. The van der Waals surface area contributed by atoms with Gasteiger partial charge < -0.3 is 10.3 Å². The van der Waals surface area contributed by atoms with Crippen molar-refractivity contribution in [3.05, 3.63) is 29.8 Å². The van der Waals surface area contributed by atoms with Crippen LogP contribution in [0.15, 0.2) is 22.7 Å². The first-order valence-corrected chi connectivity index (χ1v) is 5.87. The molecule has 0 spiro atoms. The minimum Gasteiger partial charge on any atom is -0.398 e. The van der Waals surface area contributed by atoms with Gasteiger partial charge in [0.15, 0.2) is 5.82 Å². The number of nitrogens with zero attached hydrogens (tertiary/aromatic N) is 2. The van der Waals surface area contributed by atoms with Gasteiger partial charge in [-0.1, -0.05) is 25.1 Å². The van der Waals surface area contributed by atoms with Gasteiger partial charge in [0.25, 0.3) is 5.89 Å². The first-order chi connectivity index (χ1) is 8.49. The average Bonchev–Trinajstić information content (AvgIpc) is 2.74. The van der Waals surface area contributed by atoms with Crippen molar-refractivity contribution in [2.75, 3.05) is 5.73 Å². The summed E-state index contributed by atoms with van der Waals surface area (Å²) >= 11 is 0. The number of aromatic nitrogens is 2. The molecule has 2 aromatic rings. The molecule has 2 N–H and O–H groups in total. The van der Waals surface area contributed by atoms with E-state index in [9.17, 15) is 4.39 Å². The lowest BCUT2D eigenvalue weighted by Crippen LogP contribution is -1.95. The Balaban J connectivity index is 1.99. The molecule has 1 atom stereocenters. The van der Waals surface area contributed by atoms with Gasteiger partial charge in [0.1, 0.15) is 5.82 Å². The maximum atomic E-state index is 13.7. The molecule has 1 saturated carbocycles. The Labute approximate surface area is 104 Å². The fraction of sp³-hybridized carbons (Fsp3) is 0.385. The van der Waals surface area contributed by atoms with E-state index in [4.69, 9.17) is 10.3 Å². The van der Waals surface area contributed by atoms with E-state index in [1.807, 2.05) is 0 Å². The molecule has 0 radical (unpaired) electrons. The van der Waals surface area contributed by atoms with Crippen molar-refractivity contribution in [3.8, 4) is 11.5 Å². The second-order valence-electron chi connectivity index (χ2n) is 5.41. The number of halogens is 1. The molecule has 0 amide bonds. The second-order valence-corrected chi connectivity index (χ2v) is 5.41. The molecule has 1 aromatic heterocycles. The van der Waals surface area contributed by atoms with Crippen LogP contribution in [0.2, 0.25) is 0 Å². The normalized spacial score (nSPS) is 20.9. The topological polar surface area (TPSA) is 64.9 Å². The summed E-state index contributed by atoms with van der Waals surface area (Å²) in [6.45, 7) is 4.29. The molecule has 1 fully saturated rings. The van der Waals surface area contributed by atoms with Crippen molar-refractivity contribution in [1.29, 1.82) is 0 Å². The van der Waals surface area contributed by atoms with Crippen molar-refractivity contribution < 1.29 is 8.91 Å². The molecule has 94 valence electrons. The third-order valence-corrected chi connectivity index (χ3v) is 3.53. The predicted molar refractivity (Wildman–Crippen MR) is 65.2 cm³/mol. The highest BCUT2D eigenvalue weighted by molar-refractivity contribution is 5.70. The van der Waals surface area contributed by atoms with E-state index in [0.717, 1.165) is 6.42 Å². The zero-order valence-corrected chi connectivity index (χ0v) is 10.3. The van der Waals surface area contributed by atoms with E-state index in [0.29, 0.717) is 17.4 Å². The van der Waals surface area contributed by atoms with Gasteiger partial charge in [-0.2, -0.15) is 4.98 Å². The van der Waals surface area contributed by atoms with Crippen molar-refractivity contribution in [1.82, 2.24) is 10.1 Å². The van der Waals surface area contributed by atoms with Crippen LogP contribution in [0, 0.1) is 11.2 Å². The molecule has 1 aromatic carbocycles. The summed E-state index contributed by atoms with van der Waals surface area (Å²) in [5, 5.41) is 3.92. The van der Waals surface area contributed by atoms with E-state index >= 15 is 0 Å². The maximum Gasteiger partial charge on any atom is 0.263 e. The van der Waals surface area contributed by atoms with Crippen LogP contribution in [0.3, 0.4) is 0 Å². The quantitative estimate of drug-likeness (QED) is 0.828. The Morgan fingerprint density at radius 1 is 1.44 bits per heavy atom. The fourth-order valence-electron chi connectivity index (χ4n) is 2.15. The lowest BCUT2D eigenvalue weighted by Gasteiger charge is -2.00. The highest BCUT2D eigenvalue weighted by atomic mass is 19.1. The van der Waals surface area contributed by atoms with E-state index in [-0.39, 0.29) is 16.9 Å². The Morgan fingerprint density at radius 2 is 2.17 bits per heavy atom. The zero-order valence-electron chi connectivity index (χ0n) is 10.3. The molecule has 0 bridgehead atoms. The summed E-state index contributed by atoms with van der Waals surface area (Å²) in [5.74, 6) is 0.643. The number of rotatable bonds is 2. The molecule has 5 heteroatoms. The molecular weight excluding hydrogens is 233 g/mol. The molecule has 1 heterocycles. The van der Waals surface area contributed by atoms with Gasteiger partial charge in [-0.15, -0.1) is 0 Å². The average molecular weight is 247 g/mol. The monoisotopic (exact) mass is 247 g/mol. The van der Waals surface area contributed by atoms with Gasteiger partial charge in [0.2, 0.25) is 0 Å². The summed E-state index contributed by atoms with van der Waals surface area (Å²) < 4.78 is 18.8. The molecule has 4 nitrogen and oxygen atoms in total. The SMILES string of the molecule is CC1(C)CC1c1noc(-c2c(N)cccc2F)n1. The van der Waals surface area contributed by atoms with E-state index in [2.05, 4.69) is 24.0 Å². The van der Waals surface area contributed by atoms with Crippen molar-refractivity contribution >= 4 is 5.69 Å². The predicted octanol–water partition coefficient (Wildman–Crippen LogP) is 2.97. The number of hydrogen-bond donors (Lipinski definition) is 1. The molecule has 1 aliphatic rings. The largest absolute Gasteiger partial charge is 0.398 e. The summed E-state index contributed by atoms with van der Waals surface area (Å²) in [5.41, 5.74) is 6.45. The van der Waals surface area contributed by atoms with Crippen molar-refractivity contribution in [3.63, 3.8) is 0 Å². The molecule has 3 rings (SSSR count). The van der Waals surface area contributed by atoms with Crippen LogP contribution in [-0.4, -0.2) is 10.1 Å². The van der Waals surface area contributed by atoms with Crippen LogP contribution < -0.4 is 5.73 Å². The highest BCUT2D eigenvalue weighted by Gasteiger charge is 2.49. The third-order valence-electron chi connectivity index (χ3n) is 3.53. The van der Waals surface area contributed by atoms with E-state index < -0.39 is 5.82 Å². The van der Waals surface area contributed by atoms with Crippen LogP contribution >= 0.6 is 0 Å². The fourth-order valence-corrected chi connectivity index (χ4v) is 2.15. The van der Waals surface area contributed by atoms with Gasteiger partial charge in [-0.05, 0) is 24.0 Å². The van der Waals surface area contributed by atoms with Crippen LogP contribution in [0.25, 0.3) is 11.5 Å². The molecule has 0 saturated heterocycles. The van der Waals surface area contributed by atoms with Crippen LogP contribution in [0.4, 0.5) is 10.1 Å². The molecule has 1 aliphatic carbocycles. The number of nitrogen functional groups attached to an aromatic ring is 1. The molecular formula is C13H14FN3O. The number of benzene rings is 1. The number of nitrogens with two attached hydrogens (primary N) is 1. The van der Waals surface area contributed by atoms with Gasteiger partial charge in [-0.3, -0.25) is 0 Å². The van der Waals surface area contributed by atoms with Crippen molar-refractivity contribution in [2.24, 2.45) is 5.41 Å². The van der Waals surface area contributed by atoms with Crippen LogP contribution in [-0.2, 0) is 0 Å². The van der Waals surface area contributed by atoms with Crippen LogP contribution in [0.1, 0.15) is 32.0 Å². The number of anilines is 1. The minimum absolute atomic E-state index is 0.156. The number of hydrogen-bond acceptors (Lipinski definition) is 4. The van der Waals surface area contributed by atoms with Crippen molar-refractivity contribution in [2.45, 2.75) is 26.2 Å². The maximum absolute atomic E-state index is 13.7. The first kappa shape index (κ1) is 11.2. The Bertz CT molecular complexity index is 586.